The Morgan fingerprint density at radius 2 is 1.00 bits per heavy atom. The van der Waals surface area contributed by atoms with Crippen molar-refractivity contribution in [3.05, 3.63) is 82.2 Å². The zero-order valence-corrected chi connectivity index (χ0v) is 16.5. The van der Waals surface area contributed by atoms with E-state index in [1.54, 1.807) is 24.3 Å². The van der Waals surface area contributed by atoms with Crippen LogP contribution in [0.2, 0.25) is 0 Å². The van der Waals surface area contributed by atoms with Gasteiger partial charge in [-0.1, -0.05) is 38.1 Å². The molecule has 0 aromatic heterocycles. The van der Waals surface area contributed by atoms with E-state index >= 15 is 0 Å². The summed E-state index contributed by atoms with van der Waals surface area (Å²) in [7, 11) is 1.25. The quantitative estimate of drug-likeness (QED) is 0.394. The van der Waals surface area contributed by atoms with Crippen LogP contribution in [0.1, 0.15) is 13.8 Å². The van der Waals surface area contributed by atoms with Gasteiger partial charge < -0.3 is 10.6 Å². The summed E-state index contributed by atoms with van der Waals surface area (Å²) in [4.78, 5) is 0. The molecule has 7 heteroatoms. The van der Waals surface area contributed by atoms with Gasteiger partial charge >= 0.3 is 39.3 Å². The van der Waals surface area contributed by atoms with Crippen molar-refractivity contribution in [1.82, 2.24) is 0 Å². The molecule has 0 aliphatic rings. The third kappa shape index (κ3) is 7.95. The second-order valence-electron chi connectivity index (χ2n) is 4.39. The second kappa shape index (κ2) is 10.8. The van der Waals surface area contributed by atoms with Crippen molar-refractivity contribution in [1.29, 1.82) is 0 Å². The van der Waals surface area contributed by atoms with Gasteiger partial charge in [-0.3, -0.25) is 0 Å². The van der Waals surface area contributed by atoms with E-state index in [-0.39, 0.29) is 11.6 Å². The van der Waals surface area contributed by atoms with Crippen LogP contribution in [0.25, 0.3) is 10.6 Å². The Morgan fingerprint density at radius 1 is 0.739 bits per heavy atom. The van der Waals surface area contributed by atoms with E-state index in [1.165, 1.54) is 35.2 Å². The molecular formula is C16H14Br2F2N2Ni. The summed E-state index contributed by atoms with van der Waals surface area (Å²) in [5.41, 5.74) is 2.77. The molecule has 0 bridgehead atoms. The zero-order valence-electron chi connectivity index (χ0n) is 12.3. The van der Waals surface area contributed by atoms with Crippen LogP contribution in [-0.2, 0) is 10.9 Å². The summed E-state index contributed by atoms with van der Waals surface area (Å²) < 4.78 is 25.6. The fraction of sp³-hybridized carbons (Fsp3) is 0.125. The molecule has 126 valence electrons. The fourth-order valence-corrected chi connectivity index (χ4v) is 1.58. The van der Waals surface area contributed by atoms with E-state index in [9.17, 15) is 8.78 Å². The van der Waals surface area contributed by atoms with Gasteiger partial charge in [0.05, 0.1) is 0 Å². The van der Waals surface area contributed by atoms with E-state index in [0.717, 1.165) is 11.4 Å². The van der Waals surface area contributed by atoms with Crippen molar-refractivity contribution < 1.29 is 19.7 Å². The fourth-order valence-electron chi connectivity index (χ4n) is 1.58. The Balaban J connectivity index is 0.000000816. The first-order chi connectivity index (χ1) is 11.0. The topological polar surface area (TPSA) is 28.2 Å². The Morgan fingerprint density at radius 3 is 1.26 bits per heavy atom. The van der Waals surface area contributed by atoms with Gasteiger partial charge in [0, 0.05) is 0 Å². The Labute approximate surface area is 155 Å². The van der Waals surface area contributed by atoms with Crippen LogP contribution in [0, 0.1) is 11.6 Å². The van der Waals surface area contributed by atoms with Crippen molar-refractivity contribution in [3.63, 3.8) is 0 Å². The molecule has 0 heterocycles. The van der Waals surface area contributed by atoms with Gasteiger partial charge in [0.1, 0.15) is 11.6 Å². The van der Waals surface area contributed by atoms with Crippen molar-refractivity contribution in [2.75, 3.05) is 0 Å². The van der Waals surface area contributed by atoms with E-state index in [4.69, 9.17) is 0 Å². The predicted octanol–water partition coefficient (Wildman–Crippen LogP) is 7.62. The monoisotopic (exact) mass is 488 g/mol. The predicted molar refractivity (Wildman–Crippen MR) is 95.1 cm³/mol. The van der Waals surface area contributed by atoms with Crippen LogP contribution in [0.5, 0.6) is 0 Å². The third-order valence-corrected chi connectivity index (χ3v) is 2.77. The molecule has 0 N–H and O–H groups in total. The van der Waals surface area contributed by atoms with E-state index < -0.39 is 0 Å². The van der Waals surface area contributed by atoms with Gasteiger partial charge in [0.2, 0.25) is 0 Å². The Bertz CT molecular complexity index is 576. The molecule has 2 nitrogen and oxygen atoms in total. The number of hydrogen-bond acceptors (Lipinski definition) is 0. The standard InChI is InChI=1S/C16H14F2N2.2BrH.Ni/c1-11(19-15-7-3-13(17)4-8-15)12(2)20-16-9-5-14(18)6-10-16;;;/h3-10H,1-2H3;2*1H;/q-2;;;+4/p-2/b12-11-;;;. The Hall–Kier alpha value is -0.906. The molecule has 0 saturated carbocycles. The first kappa shape index (κ1) is 20.1. The SMILES string of the molecule is C/C([N-]c1ccc(F)cc1)=C(\C)[N-]c1ccc(F)cc1.[Br][Ni+2][Br]. The molecule has 23 heavy (non-hydrogen) atoms. The van der Waals surface area contributed by atoms with E-state index in [2.05, 4.69) is 39.1 Å². The number of rotatable bonds is 4. The van der Waals surface area contributed by atoms with Gasteiger partial charge in [-0.25, -0.2) is 8.78 Å². The molecule has 2 rings (SSSR count). The Kier molecular flexibility index (Phi) is 9.45. The summed E-state index contributed by atoms with van der Waals surface area (Å²) in [6.07, 6.45) is 0. The second-order valence-corrected chi connectivity index (χ2v) is 9.38. The number of allylic oxidation sites excluding steroid dienone is 2. The average Bonchev–Trinajstić information content (AvgIpc) is 2.52. The van der Waals surface area contributed by atoms with Crippen LogP contribution in [0.15, 0.2) is 59.9 Å². The van der Waals surface area contributed by atoms with Gasteiger partial charge in [-0.2, -0.15) is 11.4 Å². The molecule has 0 aliphatic heterocycles. The van der Waals surface area contributed by atoms with Gasteiger partial charge in [0.15, 0.2) is 0 Å². The maximum atomic E-state index is 12.8. The van der Waals surface area contributed by atoms with Crippen molar-refractivity contribution in [2.45, 2.75) is 13.8 Å². The van der Waals surface area contributed by atoms with Crippen LogP contribution in [-0.4, -0.2) is 0 Å². The van der Waals surface area contributed by atoms with Crippen molar-refractivity contribution in [2.24, 2.45) is 0 Å². The number of nitrogens with zero attached hydrogens (tertiary/aromatic N) is 2. The van der Waals surface area contributed by atoms with Crippen LogP contribution in [0.4, 0.5) is 20.2 Å². The number of halogens is 4. The molecule has 0 spiro atoms. The first-order valence-electron chi connectivity index (χ1n) is 6.40. The molecule has 0 radical (unpaired) electrons. The number of benzene rings is 2. The molecule has 0 unspecified atom stereocenters. The van der Waals surface area contributed by atoms with Gasteiger partial charge in [-0.05, 0) is 24.3 Å². The molecule has 0 fully saturated rings. The molecule has 0 aliphatic carbocycles. The van der Waals surface area contributed by atoms with Crippen LogP contribution < -0.4 is 0 Å². The number of hydrogen-bond donors (Lipinski definition) is 0. The van der Waals surface area contributed by atoms with Crippen LogP contribution >= 0.6 is 28.5 Å². The summed E-state index contributed by atoms with van der Waals surface area (Å²) in [6, 6.07) is 11.8. The summed E-state index contributed by atoms with van der Waals surface area (Å²) in [5.74, 6) is -0.586. The average molecular weight is 491 g/mol. The molecule has 2 aromatic carbocycles. The molecule has 2 aromatic rings. The van der Waals surface area contributed by atoms with Gasteiger partial charge in [-0.15, -0.1) is 11.4 Å². The molecule has 0 saturated heterocycles. The van der Waals surface area contributed by atoms with E-state index in [0.29, 0.717) is 11.4 Å². The minimum atomic E-state index is -0.293. The van der Waals surface area contributed by atoms with E-state index in [1.807, 2.05) is 13.8 Å². The van der Waals surface area contributed by atoms with Gasteiger partial charge in [0.25, 0.3) is 0 Å². The molecule has 0 amide bonds. The van der Waals surface area contributed by atoms with Crippen LogP contribution in [0.3, 0.4) is 0 Å². The summed E-state index contributed by atoms with van der Waals surface area (Å²) >= 11 is 6.00. The molecule has 0 atom stereocenters. The summed E-state index contributed by atoms with van der Waals surface area (Å²) in [5, 5.41) is 8.72. The minimum absolute atomic E-state index is 0.293. The summed E-state index contributed by atoms with van der Waals surface area (Å²) in [6.45, 7) is 3.65. The maximum absolute atomic E-state index is 12.8. The van der Waals surface area contributed by atoms with Crippen molar-refractivity contribution >= 4 is 39.8 Å². The zero-order chi connectivity index (χ0) is 17.2. The first-order valence-corrected chi connectivity index (χ1v) is 11.3. The third-order valence-electron chi connectivity index (χ3n) is 2.77. The normalized spacial score (nSPS) is 11.2. The molecular weight excluding hydrogens is 477 g/mol. The van der Waals surface area contributed by atoms with Crippen molar-refractivity contribution in [3.8, 4) is 0 Å².